The highest BCUT2D eigenvalue weighted by molar-refractivity contribution is 5.77. The van der Waals surface area contributed by atoms with Gasteiger partial charge in [0.15, 0.2) is 0 Å². The van der Waals surface area contributed by atoms with Gasteiger partial charge in [-0.15, -0.1) is 0 Å². The average Bonchev–Trinajstić information content (AvgIpc) is 3.17. The van der Waals surface area contributed by atoms with E-state index in [-0.39, 0.29) is 12.3 Å². The second-order valence-corrected chi connectivity index (χ2v) is 6.91. The highest BCUT2D eigenvalue weighted by Crippen LogP contribution is 2.19. The van der Waals surface area contributed by atoms with Gasteiger partial charge in [0.05, 0.1) is 7.11 Å². The molecule has 3 rings (SSSR count). The Morgan fingerprint density at radius 2 is 1.82 bits per heavy atom. The first-order valence-electron chi connectivity index (χ1n) is 9.37. The fourth-order valence-electron chi connectivity index (χ4n) is 2.80. The Kier molecular flexibility index (Phi) is 6.42. The van der Waals surface area contributed by atoms with Gasteiger partial charge in [0, 0.05) is 12.1 Å². The topological polar surface area (TPSA) is 77.2 Å². The van der Waals surface area contributed by atoms with Crippen LogP contribution >= 0.6 is 0 Å². The lowest BCUT2D eigenvalue weighted by Gasteiger charge is -2.07. The van der Waals surface area contributed by atoms with E-state index in [2.05, 4.69) is 53.6 Å². The number of amides is 1. The van der Waals surface area contributed by atoms with Crippen molar-refractivity contribution < 1.29 is 14.1 Å². The number of hydrogen-bond donors (Lipinski definition) is 1. The van der Waals surface area contributed by atoms with Crippen LogP contribution in [-0.2, 0) is 17.6 Å². The van der Waals surface area contributed by atoms with Gasteiger partial charge in [-0.25, -0.2) is 0 Å². The zero-order valence-electron chi connectivity index (χ0n) is 16.4. The lowest BCUT2D eigenvalue weighted by atomic mass is 10.0. The molecule has 0 saturated carbocycles. The summed E-state index contributed by atoms with van der Waals surface area (Å²) in [5.74, 6) is 1.89. The van der Waals surface area contributed by atoms with E-state index in [0.717, 1.165) is 17.7 Å². The van der Waals surface area contributed by atoms with Crippen molar-refractivity contribution in [3.05, 3.63) is 65.5 Å². The molecular weight excluding hydrogens is 354 g/mol. The quantitative estimate of drug-likeness (QED) is 0.645. The molecule has 28 heavy (non-hydrogen) atoms. The Bertz CT molecular complexity index is 900. The van der Waals surface area contributed by atoms with Crippen LogP contribution in [-0.4, -0.2) is 29.7 Å². The van der Waals surface area contributed by atoms with E-state index in [0.29, 0.717) is 24.2 Å². The molecule has 0 unspecified atom stereocenters. The molecule has 1 N–H and O–H groups in total. The van der Waals surface area contributed by atoms with Crippen molar-refractivity contribution in [1.82, 2.24) is 15.5 Å². The Morgan fingerprint density at radius 3 is 2.46 bits per heavy atom. The molecule has 3 aromatic rings. The van der Waals surface area contributed by atoms with Crippen LogP contribution in [0.1, 0.15) is 36.8 Å². The zero-order valence-corrected chi connectivity index (χ0v) is 16.4. The number of hydrogen-bond acceptors (Lipinski definition) is 5. The van der Waals surface area contributed by atoms with Gasteiger partial charge in [-0.05, 0) is 47.7 Å². The molecule has 0 radical (unpaired) electrons. The maximum atomic E-state index is 12.1. The first-order valence-corrected chi connectivity index (χ1v) is 9.37. The molecule has 0 spiro atoms. The molecule has 0 aliphatic rings. The molecule has 2 aromatic carbocycles. The number of benzene rings is 2. The van der Waals surface area contributed by atoms with Crippen molar-refractivity contribution in [1.29, 1.82) is 0 Å². The van der Waals surface area contributed by atoms with E-state index in [1.54, 1.807) is 7.11 Å². The highest BCUT2D eigenvalue weighted by atomic mass is 16.5. The third-order valence-corrected chi connectivity index (χ3v) is 4.51. The molecule has 146 valence electrons. The number of rotatable bonds is 8. The fraction of sp³-hybridized carbons (Fsp3) is 0.318. The number of carbonyl (C=O) groups excluding carboxylic acids is 1. The van der Waals surface area contributed by atoms with E-state index in [4.69, 9.17) is 9.26 Å². The average molecular weight is 379 g/mol. The normalized spacial score (nSPS) is 10.9. The van der Waals surface area contributed by atoms with Crippen molar-refractivity contribution in [3.8, 4) is 17.1 Å². The van der Waals surface area contributed by atoms with E-state index in [1.165, 1.54) is 11.1 Å². The molecule has 1 heterocycles. The fourth-order valence-corrected chi connectivity index (χ4v) is 2.80. The molecule has 0 fully saturated rings. The van der Waals surface area contributed by atoms with Gasteiger partial charge in [0.25, 0.3) is 0 Å². The summed E-state index contributed by atoms with van der Waals surface area (Å²) in [6.07, 6.45) is 0.848. The van der Waals surface area contributed by atoms with Crippen LogP contribution in [0.2, 0.25) is 0 Å². The molecular formula is C22H25N3O3. The monoisotopic (exact) mass is 379 g/mol. The number of aromatic nitrogens is 2. The Balaban J connectivity index is 1.47. The molecule has 6 heteroatoms. The molecule has 1 aromatic heterocycles. The Labute approximate surface area is 164 Å². The largest absolute Gasteiger partial charge is 0.497 e. The molecule has 0 aliphatic carbocycles. The summed E-state index contributed by atoms with van der Waals surface area (Å²) in [5, 5.41) is 6.84. The molecule has 0 atom stereocenters. The van der Waals surface area contributed by atoms with Gasteiger partial charge in [-0.3, -0.25) is 4.79 Å². The van der Waals surface area contributed by atoms with Gasteiger partial charge in [0.2, 0.25) is 17.6 Å². The van der Waals surface area contributed by atoms with Crippen molar-refractivity contribution >= 4 is 5.91 Å². The zero-order chi connectivity index (χ0) is 19.9. The lowest BCUT2D eigenvalue weighted by Crippen LogP contribution is -2.27. The minimum Gasteiger partial charge on any atom is -0.497 e. The summed E-state index contributed by atoms with van der Waals surface area (Å²) < 4.78 is 10.3. The third-order valence-electron chi connectivity index (χ3n) is 4.51. The first-order chi connectivity index (χ1) is 13.5. The van der Waals surface area contributed by atoms with Crippen molar-refractivity contribution in [3.63, 3.8) is 0 Å². The molecule has 0 bridgehead atoms. The molecule has 6 nitrogen and oxygen atoms in total. The number of ether oxygens (including phenoxy) is 1. The van der Waals surface area contributed by atoms with E-state index in [1.807, 2.05) is 24.3 Å². The van der Waals surface area contributed by atoms with Crippen LogP contribution < -0.4 is 10.1 Å². The van der Waals surface area contributed by atoms with Gasteiger partial charge < -0.3 is 14.6 Å². The van der Waals surface area contributed by atoms with Gasteiger partial charge in [0.1, 0.15) is 12.2 Å². The van der Waals surface area contributed by atoms with Gasteiger partial charge >= 0.3 is 0 Å². The van der Waals surface area contributed by atoms with E-state index in [9.17, 15) is 4.79 Å². The summed E-state index contributed by atoms with van der Waals surface area (Å²) >= 11 is 0. The minimum absolute atomic E-state index is 0.0649. The second kappa shape index (κ2) is 9.17. The van der Waals surface area contributed by atoms with E-state index < -0.39 is 0 Å². The van der Waals surface area contributed by atoms with Crippen molar-refractivity contribution in [2.24, 2.45) is 0 Å². The maximum Gasteiger partial charge on any atom is 0.236 e. The van der Waals surface area contributed by atoms with Crippen LogP contribution in [0.5, 0.6) is 5.75 Å². The number of methoxy groups -OCH3 is 1. The number of nitrogens with zero attached hydrogens (tertiary/aromatic N) is 2. The number of carbonyl (C=O) groups is 1. The van der Waals surface area contributed by atoms with Crippen molar-refractivity contribution in [2.75, 3.05) is 13.7 Å². The van der Waals surface area contributed by atoms with Crippen molar-refractivity contribution in [2.45, 2.75) is 32.6 Å². The number of nitrogens with one attached hydrogen (secondary N) is 1. The standard InChI is InChI=1S/C22H25N3O3/c1-15(2)17-6-4-16(5-7-17)12-13-23-20(26)14-21-24-22(25-28-21)18-8-10-19(27-3)11-9-18/h4-11,15H,12-14H2,1-3H3,(H,23,26). The van der Waals surface area contributed by atoms with E-state index >= 15 is 0 Å². The minimum atomic E-state index is -0.135. The van der Waals surface area contributed by atoms with Gasteiger partial charge in [-0.2, -0.15) is 4.98 Å². The molecule has 0 saturated heterocycles. The Hall–Kier alpha value is -3.15. The lowest BCUT2D eigenvalue weighted by molar-refractivity contribution is -0.120. The second-order valence-electron chi connectivity index (χ2n) is 6.91. The first kappa shape index (κ1) is 19.6. The summed E-state index contributed by atoms with van der Waals surface area (Å²) in [5.41, 5.74) is 3.32. The summed E-state index contributed by atoms with van der Waals surface area (Å²) in [6.45, 7) is 4.92. The summed E-state index contributed by atoms with van der Waals surface area (Å²) in [4.78, 5) is 16.4. The van der Waals surface area contributed by atoms with Gasteiger partial charge in [-0.1, -0.05) is 43.3 Å². The van der Waals surface area contributed by atoms with Crippen LogP contribution in [0.25, 0.3) is 11.4 Å². The predicted octanol–water partition coefficient (Wildman–Crippen LogP) is 3.77. The summed E-state index contributed by atoms with van der Waals surface area (Å²) in [6, 6.07) is 15.8. The third kappa shape index (κ3) is 5.19. The van der Waals surface area contributed by atoms with Crippen LogP contribution in [0.15, 0.2) is 53.1 Å². The molecule has 0 aliphatic heterocycles. The van der Waals surface area contributed by atoms with Crippen LogP contribution in [0.3, 0.4) is 0 Å². The maximum absolute atomic E-state index is 12.1. The summed E-state index contributed by atoms with van der Waals surface area (Å²) in [7, 11) is 1.61. The highest BCUT2D eigenvalue weighted by Gasteiger charge is 2.12. The van der Waals surface area contributed by atoms with Crippen LogP contribution in [0, 0.1) is 0 Å². The molecule has 1 amide bonds. The SMILES string of the molecule is COc1ccc(-c2noc(CC(=O)NCCc3ccc(C(C)C)cc3)n2)cc1. The predicted molar refractivity (Wildman–Crippen MR) is 107 cm³/mol. The smallest absolute Gasteiger partial charge is 0.236 e. The van der Waals surface area contributed by atoms with Crippen LogP contribution in [0.4, 0.5) is 0 Å². The Morgan fingerprint density at radius 1 is 1.11 bits per heavy atom.